The summed E-state index contributed by atoms with van der Waals surface area (Å²) in [5.41, 5.74) is 0. The van der Waals surface area contributed by atoms with E-state index in [4.69, 9.17) is 0 Å². The van der Waals surface area contributed by atoms with E-state index in [-0.39, 0.29) is 23.9 Å². The Balaban J connectivity index is 1.44. The van der Waals surface area contributed by atoms with Crippen molar-refractivity contribution in [1.82, 2.24) is 9.80 Å². The predicted octanol–water partition coefficient (Wildman–Crippen LogP) is 2.71. The van der Waals surface area contributed by atoms with Crippen LogP contribution in [0.2, 0.25) is 0 Å². The lowest BCUT2D eigenvalue weighted by molar-refractivity contribution is 0.0318. The van der Waals surface area contributed by atoms with Crippen molar-refractivity contribution in [2.24, 2.45) is 0 Å². The number of rotatable bonds is 2. The van der Waals surface area contributed by atoms with Gasteiger partial charge >= 0.3 is 0 Å². The lowest BCUT2D eigenvalue weighted by Gasteiger charge is -2.38. The SMILES string of the molecule is O=C(c1cc2c(F)cccc2s1)N1CCN([C@@H]2CCC[C@@H]2O)CC1. The summed E-state index contributed by atoms with van der Waals surface area (Å²) in [5, 5.41) is 10.6. The molecule has 2 aromatic rings. The van der Waals surface area contributed by atoms with E-state index in [1.807, 2.05) is 11.0 Å². The Hall–Kier alpha value is -1.50. The van der Waals surface area contributed by atoms with Crippen LogP contribution in [0.15, 0.2) is 24.3 Å². The Morgan fingerprint density at radius 2 is 2.00 bits per heavy atom. The van der Waals surface area contributed by atoms with E-state index in [0.717, 1.165) is 37.1 Å². The summed E-state index contributed by atoms with van der Waals surface area (Å²) in [4.78, 5) is 17.5. The fraction of sp³-hybridized carbons (Fsp3) is 0.500. The van der Waals surface area contributed by atoms with Gasteiger partial charge in [-0.25, -0.2) is 4.39 Å². The van der Waals surface area contributed by atoms with Gasteiger partial charge in [0.2, 0.25) is 0 Å². The molecule has 1 amide bonds. The molecule has 0 radical (unpaired) electrons. The molecule has 1 saturated carbocycles. The Morgan fingerprint density at radius 1 is 1.21 bits per heavy atom. The summed E-state index contributed by atoms with van der Waals surface area (Å²) in [6, 6.07) is 6.87. The monoisotopic (exact) mass is 348 g/mol. The number of benzene rings is 1. The number of amides is 1. The highest BCUT2D eigenvalue weighted by molar-refractivity contribution is 7.20. The molecular formula is C18H21FN2O2S. The maximum Gasteiger partial charge on any atom is 0.264 e. The highest BCUT2D eigenvalue weighted by Crippen LogP contribution is 2.29. The number of carbonyl (C=O) groups is 1. The highest BCUT2D eigenvalue weighted by Gasteiger charge is 2.33. The first kappa shape index (κ1) is 16.0. The summed E-state index contributed by atoms with van der Waals surface area (Å²) in [6.07, 6.45) is 2.79. The maximum absolute atomic E-state index is 13.8. The Bertz CT molecular complexity index is 755. The molecule has 0 spiro atoms. The second-order valence-corrected chi connectivity index (χ2v) is 7.74. The third-order valence-corrected chi connectivity index (χ3v) is 6.32. The van der Waals surface area contributed by atoms with Gasteiger partial charge in [0.25, 0.3) is 5.91 Å². The minimum Gasteiger partial charge on any atom is -0.391 e. The van der Waals surface area contributed by atoms with Crippen LogP contribution in [0.4, 0.5) is 4.39 Å². The van der Waals surface area contributed by atoms with Crippen molar-refractivity contribution in [3.63, 3.8) is 0 Å². The van der Waals surface area contributed by atoms with Crippen LogP contribution in [0, 0.1) is 5.82 Å². The lowest BCUT2D eigenvalue weighted by Crippen LogP contribution is -2.53. The summed E-state index contributed by atoms with van der Waals surface area (Å²) in [6.45, 7) is 2.93. The summed E-state index contributed by atoms with van der Waals surface area (Å²) >= 11 is 1.35. The second kappa shape index (κ2) is 6.43. The molecule has 1 aromatic heterocycles. The topological polar surface area (TPSA) is 43.8 Å². The van der Waals surface area contributed by atoms with Crippen molar-refractivity contribution in [2.75, 3.05) is 26.2 Å². The van der Waals surface area contributed by atoms with E-state index in [2.05, 4.69) is 4.90 Å². The highest BCUT2D eigenvalue weighted by atomic mass is 32.1. The molecule has 2 fully saturated rings. The minimum atomic E-state index is -0.275. The van der Waals surface area contributed by atoms with E-state index < -0.39 is 0 Å². The van der Waals surface area contributed by atoms with Gasteiger partial charge in [-0.1, -0.05) is 6.07 Å². The molecule has 2 aliphatic rings. The van der Waals surface area contributed by atoms with Crippen LogP contribution < -0.4 is 0 Å². The van der Waals surface area contributed by atoms with Gasteiger partial charge in [0.05, 0.1) is 11.0 Å². The third kappa shape index (κ3) is 2.83. The summed E-state index contributed by atoms with van der Waals surface area (Å²) < 4.78 is 14.6. The lowest BCUT2D eigenvalue weighted by atomic mass is 10.1. The average Bonchev–Trinajstić information content (AvgIpc) is 3.21. The first-order valence-corrected chi connectivity index (χ1v) is 9.34. The standard InChI is InChI=1S/C18H21FN2O2S/c19-13-3-1-6-16-12(13)11-17(24-16)18(23)21-9-7-20(8-10-21)14-4-2-5-15(14)22/h1,3,6,11,14-15,22H,2,4-5,7-10H2/t14-,15+/m1/s1. The quantitative estimate of drug-likeness (QED) is 0.908. The van der Waals surface area contributed by atoms with Crippen molar-refractivity contribution in [3.05, 3.63) is 35.0 Å². The molecule has 1 aliphatic heterocycles. The van der Waals surface area contributed by atoms with Crippen molar-refractivity contribution < 1.29 is 14.3 Å². The van der Waals surface area contributed by atoms with Crippen molar-refractivity contribution in [3.8, 4) is 0 Å². The number of halogens is 1. The molecule has 4 nitrogen and oxygen atoms in total. The molecule has 1 saturated heterocycles. The smallest absolute Gasteiger partial charge is 0.264 e. The molecule has 4 rings (SSSR count). The number of hydrogen-bond donors (Lipinski definition) is 1. The number of nitrogens with zero attached hydrogens (tertiary/aromatic N) is 2. The van der Waals surface area contributed by atoms with Gasteiger partial charge in [0, 0.05) is 42.3 Å². The van der Waals surface area contributed by atoms with Crippen LogP contribution in [0.1, 0.15) is 28.9 Å². The number of aliphatic hydroxyl groups excluding tert-OH is 1. The van der Waals surface area contributed by atoms with E-state index >= 15 is 0 Å². The average molecular weight is 348 g/mol. The van der Waals surface area contributed by atoms with Gasteiger partial charge in [0.1, 0.15) is 5.82 Å². The zero-order chi connectivity index (χ0) is 16.7. The Morgan fingerprint density at radius 3 is 2.67 bits per heavy atom. The zero-order valence-electron chi connectivity index (χ0n) is 13.4. The van der Waals surface area contributed by atoms with Crippen molar-refractivity contribution in [2.45, 2.75) is 31.4 Å². The molecule has 24 heavy (non-hydrogen) atoms. The van der Waals surface area contributed by atoms with Crippen LogP contribution in [0.3, 0.4) is 0 Å². The predicted molar refractivity (Wildman–Crippen MR) is 92.9 cm³/mol. The number of hydrogen-bond acceptors (Lipinski definition) is 4. The molecule has 0 unspecified atom stereocenters. The number of piperazine rings is 1. The molecule has 1 aliphatic carbocycles. The molecule has 128 valence electrons. The molecular weight excluding hydrogens is 327 g/mol. The summed E-state index contributed by atoms with van der Waals surface area (Å²) in [5.74, 6) is -0.287. The number of aliphatic hydroxyl groups is 1. The van der Waals surface area contributed by atoms with Crippen LogP contribution in [0.5, 0.6) is 0 Å². The van der Waals surface area contributed by atoms with Gasteiger partial charge < -0.3 is 10.0 Å². The molecule has 1 aromatic carbocycles. The van der Waals surface area contributed by atoms with Gasteiger partial charge in [-0.15, -0.1) is 11.3 Å². The van der Waals surface area contributed by atoms with Gasteiger partial charge in [-0.3, -0.25) is 9.69 Å². The fourth-order valence-electron chi connectivity index (χ4n) is 3.89. The van der Waals surface area contributed by atoms with Crippen molar-refractivity contribution >= 4 is 27.3 Å². The van der Waals surface area contributed by atoms with E-state index in [1.54, 1.807) is 12.1 Å². The van der Waals surface area contributed by atoms with Crippen LogP contribution in [0.25, 0.3) is 10.1 Å². The third-order valence-electron chi connectivity index (χ3n) is 5.23. The molecule has 1 N–H and O–H groups in total. The van der Waals surface area contributed by atoms with E-state index in [0.29, 0.717) is 23.4 Å². The molecule has 0 bridgehead atoms. The number of thiophene rings is 1. The normalized spacial score (nSPS) is 25.5. The Labute approximate surface area is 144 Å². The van der Waals surface area contributed by atoms with Crippen LogP contribution >= 0.6 is 11.3 Å². The Kier molecular flexibility index (Phi) is 4.28. The molecule has 6 heteroatoms. The molecule has 2 atom stereocenters. The first-order chi connectivity index (χ1) is 11.6. The maximum atomic E-state index is 13.8. The second-order valence-electron chi connectivity index (χ2n) is 6.66. The fourth-order valence-corrected chi connectivity index (χ4v) is 4.93. The van der Waals surface area contributed by atoms with E-state index in [9.17, 15) is 14.3 Å². The zero-order valence-corrected chi connectivity index (χ0v) is 14.3. The summed E-state index contributed by atoms with van der Waals surface area (Å²) in [7, 11) is 0. The number of fused-ring (bicyclic) bond motifs is 1. The number of carbonyl (C=O) groups excluding carboxylic acids is 1. The van der Waals surface area contributed by atoms with E-state index in [1.165, 1.54) is 17.4 Å². The van der Waals surface area contributed by atoms with Crippen molar-refractivity contribution in [1.29, 1.82) is 0 Å². The van der Waals surface area contributed by atoms with Gasteiger partial charge in [-0.2, -0.15) is 0 Å². The van der Waals surface area contributed by atoms with Gasteiger partial charge in [-0.05, 0) is 37.5 Å². The molecule has 2 heterocycles. The first-order valence-electron chi connectivity index (χ1n) is 8.53. The van der Waals surface area contributed by atoms with Crippen LogP contribution in [-0.2, 0) is 0 Å². The minimum absolute atomic E-state index is 0.0118. The largest absolute Gasteiger partial charge is 0.391 e. The van der Waals surface area contributed by atoms with Crippen LogP contribution in [-0.4, -0.2) is 59.1 Å². The van der Waals surface area contributed by atoms with Gasteiger partial charge in [0.15, 0.2) is 0 Å².